The van der Waals surface area contributed by atoms with E-state index in [0.29, 0.717) is 12.8 Å². The van der Waals surface area contributed by atoms with Crippen molar-refractivity contribution < 1.29 is 24.2 Å². The van der Waals surface area contributed by atoms with Gasteiger partial charge in [0.1, 0.15) is 6.61 Å². The number of carbonyl (C=O) groups excluding carboxylic acids is 2. The SMILES string of the molecule is CCC=CCC=CCC=CCC=CCC=CCCCCCC(=O)OC(CO)COC(=O)CCCCCCCCCCCCCC. The first-order valence-electron chi connectivity index (χ1n) is 18.3. The highest BCUT2D eigenvalue weighted by atomic mass is 16.6. The number of esters is 2. The lowest BCUT2D eigenvalue weighted by molar-refractivity contribution is -0.161. The van der Waals surface area contributed by atoms with E-state index in [4.69, 9.17) is 9.47 Å². The Bertz CT molecular complexity index is 808. The Hall–Kier alpha value is -2.40. The molecular formula is C40H68O5. The Kier molecular flexibility index (Phi) is 34.1. The van der Waals surface area contributed by atoms with Gasteiger partial charge in [-0.15, -0.1) is 0 Å². The van der Waals surface area contributed by atoms with Gasteiger partial charge in [0.25, 0.3) is 0 Å². The van der Waals surface area contributed by atoms with Gasteiger partial charge in [0.15, 0.2) is 6.10 Å². The van der Waals surface area contributed by atoms with Crippen LogP contribution in [-0.2, 0) is 19.1 Å². The number of aliphatic hydroxyl groups is 1. The van der Waals surface area contributed by atoms with Crippen molar-refractivity contribution in [1.29, 1.82) is 0 Å². The summed E-state index contributed by atoms with van der Waals surface area (Å²) in [5.74, 6) is -0.632. The standard InChI is InChI=1S/C40H68O5/c1-3-5-7-9-11-13-15-17-18-19-20-21-22-23-25-27-29-31-33-35-40(43)45-38(36-41)37-44-39(42)34-32-30-28-26-24-16-14-12-10-8-6-4-2/h5,7,11,13,17-18,20-21,23,25,38,41H,3-4,6,8-10,12,14-16,19,22,24,26-37H2,1-2H3. The Morgan fingerprint density at radius 2 is 0.956 bits per heavy atom. The molecule has 0 aliphatic rings. The number of aliphatic hydroxyl groups excluding tert-OH is 1. The largest absolute Gasteiger partial charge is 0.462 e. The summed E-state index contributed by atoms with van der Waals surface area (Å²) in [4.78, 5) is 24.2. The van der Waals surface area contributed by atoms with Gasteiger partial charge in [0.05, 0.1) is 6.61 Å². The zero-order valence-corrected chi connectivity index (χ0v) is 29.1. The summed E-state index contributed by atoms with van der Waals surface area (Å²) in [5, 5.41) is 9.52. The van der Waals surface area contributed by atoms with Crippen LogP contribution in [0.2, 0.25) is 0 Å². The molecule has 0 heterocycles. The van der Waals surface area contributed by atoms with Crippen LogP contribution < -0.4 is 0 Å². The van der Waals surface area contributed by atoms with E-state index in [2.05, 4.69) is 74.6 Å². The number of carbonyl (C=O) groups is 2. The Balaban J connectivity index is 3.67. The van der Waals surface area contributed by atoms with Crippen molar-refractivity contribution in [2.45, 2.75) is 168 Å². The highest BCUT2D eigenvalue weighted by Crippen LogP contribution is 2.13. The van der Waals surface area contributed by atoms with Gasteiger partial charge < -0.3 is 14.6 Å². The van der Waals surface area contributed by atoms with Gasteiger partial charge in [-0.3, -0.25) is 9.59 Å². The number of hydrogen-bond acceptors (Lipinski definition) is 5. The van der Waals surface area contributed by atoms with E-state index in [1.165, 1.54) is 57.8 Å². The zero-order valence-electron chi connectivity index (χ0n) is 29.1. The molecule has 5 nitrogen and oxygen atoms in total. The summed E-state index contributed by atoms with van der Waals surface area (Å²) in [6, 6.07) is 0. The molecule has 0 saturated carbocycles. The van der Waals surface area contributed by atoms with E-state index >= 15 is 0 Å². The molecule has 0 radical (unpaired) electrons. The Morgan fingerprint density at radius 3 is 1.44 bits per heavy atom. The number of rotatable bonds is 32. The van der Waals surface area contributed by atoms with Crippen LogP contribution >= 0.6 is 0 Å². The molecule has 0 saturated heterocycles. The first-order chi connectivity index (χ1) is 22.1. The van der Waals surface area contributed by atoms with Crippen LogP contribution in [0.1, 0.15) is 162 Å². The highest BCUT2D eigenvalue weighted by molar-refractivity contribution is 5.70. The van der Waals surface area contributed by atoms with Gasteiger partial charge in [-0.05, 0) is 57.8 Å². The van der Waals surface area contributed by atoms with Crippen molar-refractivity contribution in [2.24, 2.45) is 0 Å². The van der Waals surface area contributed by atoms with Gasteiger partial charge in [-0.2, -0.15) is 0 Å². The predicted octanol–water partition coefficient (Wildman–Crippen LogP) is 11.2. The average molecular weight is 629 g/mol. The van der Waals surface area contributed by atoms with Crippen LogP contribution in [0.25, 0.3) is 0 Å². The lowest BCUT2D eigenvalue weighted by Gasteiger charge is -2.15. The fourth-order valence-electron chi connectivity index (χ4n) is 4.81. The summed E-state index contributed by atoms with van der Waals surface area (Å²) < 4.78 is 10.6. The second-order valence-electron chi connectivity index (χ2n) is 11.9. The Morgan fingerprint density at radius 1 is 0.533 bits per heavy atom. The molecule has 0 aliphatic carbocycles. The monoisotopic (exact) mass is 629 g/mol. The summed E-state index contributed by atoms with van der Waals surface area (Å²) >= 11 is 0. The highest BCUT2D eigenvalue weighted by Gasteiger charge is 2.16. The van der Waals surface area contributed by atoms with Crippen molar-refractivity contribution in [1.82, 2.24) is 0 Å². The van der Waals surface area contributed by atoms with Gasteiger partial charge in [0.2, 0.25) is 0 Å². The molecule has 1 N–H and O–H groups in total. The maximum absolute atomic E-state index is 12.1. The van der Waals surface area contributed by atoms with Crippen LogP contribution in [0, 0.1) is 0 Å². The lowest BCUT2D eigenvalue weighted by atomic mass is 10.0. The number of ether oxygens (including phenoxy) is 2. The van der Waals surface area contributed by atoms with Gasteiger partial charge in [0, 0.05) is 12.8 Å². The molecule has 5 heteroatoms. The minimum absolute atomic E-state index is 0.0800. The lowest BCUT2D eigenvalue weighted by Crippen LogP contribution is -2.28. The number of hydrogen-bond donors (Lipinski definition) is 1. The zero-order chi connectivity index (χ0) is 32.9. The molecule has 0 fully saturated rings. The first-order valence-corrected chi connectivity index (χ1v) is 18.3. The normalized spacial score (nSPS) is 12.9. The third-order valence-corrected chi connectivity index (χ3v) is 7.58. The average Bonchev–Trinajstić information content (AvgIpc) is 3.04. The van der Waals surface area contributed by atoms with Crippen molar-refractivity contribution >= 4 is 11.9 Å². The summed E-state index contributed by atoms with van der Waals surface area (Å²) in [7, 11) is 0. The molecule has 0 aliphatic heterocycles. The number of unbranched alkanes of at least 4 members (excludes halogenated alkanes) is 14. The topological polar surface area (TPSA) is 72.8 Å². The Labute approximate surface area is 277 Å². The van der Waals surface area contributed by atoms with E-state index in [9.17, 15) is 14.7 Å². The van der Waals surface area contributed by atoms with Crippen LogP contribution in [0.5, 0.6) is 0 Å². The third-order valence-electron chi connectivity index (χ3n) is 7.58. The van der Waals surface area contributed by atoms with E-state index in [1.54, 1.807) is 0 Å². The molecule has 0 aromatic carbocycles. The molecule has 0 bridgehead atoms. The fraction of sp³-hybridized carbons (Fsp3) is 0.700. The van der Waals surface area contributed by atoms with E-state index < -0.39 is 6.10 Å². The molecule has 0 rings (SSSR count). The van der Waals surface area contributed by atoms with Crippen LogP contribution in [0.4, 0.5) is 0 Å². The quantitative estimate of drug-likeness (QED) is 0.0456. The van der Waals surface area contributed by atoms with Crippen molar-refractivity contribution in [3.05, 3.63) is 60.8 Å². The molecule has 258 valence electrons. The maximum Gasteiger partial charge on any atom is 0.306 e. The fourth-order valence-corrected chi connectivity index (χ4v) is 4.81. The van der Waals surface area contributed by atoms with Gasteiger partial charge >= 0.3 is 11.9 Å². The summed E-state index contributed by atoms with van der Waals surface area (Å²) in [6.07, 6.45) is 45.6. The molecule has 45 heavy (non-hydrogen) atoms. The summed E-state index contributed by atoms with van der Waals surface area (Å²) in [6.45, 7) is 3.98. The van der Waals surface area contributed by atoms with Crippen molar-refractivity contribution in [2.75, 3.05) is 13.2 Å². The van der Waals surface area contributed by atoms with Crippen molar-refractivity contribution in [3.8, 4) is 0 Å². The van der Waals surface area contributed by atoms with E-state index in [-0.39, 0.29) is 25.2 Å². The minimum Gasteiger partial charge on any atom is -0.462 e. The number of allylic oxidation sites excluding steroid dienone is 10. The van der Waals surface area contributed by atoms with E-state index in [0.717, 1.165) is 77.0 Å². The molecule has 1 atom stereocenters. The molecule has 0 amide bonds. The van der Waals surface area contributed by atoms with Crippen LogP contribution in [0.15, 0.2) is 60.8 Å². The molecular weight excluding hydrogens is 560 g/mol. The summed E-state index contributed by atoms with van der Waals surface area (Å²) in [5.41, 5.74) is 0. The predicted molar refractivity (Wildman–Crippen MR) is 191 cm³/mol. The minimum atomic E-state index is -0.787. The second-order valence-corrected chi connectivity index (χ2v) is 11.9. The molecule has 0 spiro atoms. The molecule has 1 unspecified atom stereocenters. The molecule has 0 aromatic rings. The van der Waals surface area contributed by atoms with Crippen LogP contribution in [-0.4, -0.2) is 36.4 Å². The van der Waals surface area contributed by atoms with Crippen LogP contribution in [0.3, 0.4) is 0 Å². The smallest absolute Gasteiger partial charge is 0.306 e. The van der Waals surface area contributed by atoms with E-state index in [1.807, 2.05) is 0 Å². The van der Waals surface area contributed by atoms with Gasteiger partial charge in [-0.25, -0.2) is 0 Å². The first kappa shape index (κ1) is 42.6. The third kappa shape index (κ3) is 34.3. The maximum atomic E-state index is 12.1. The molecule has 0 aromatic heterocycles. The second kappa shape index (κ2) is 36.1. The van der Waals surface area contributed by atoms with Crippen molar-refractivity contribution in [3.63, 3.8) is 0 Å². The van der Waals surface area contributed by atoms with Gasteiger partial charge in [-0.1, -0.05) is 152 Å².